The Kier molecular flexibility index (Phi) is 5.15. The molecule has 1 N–H and O–H groups in total. The van der Waals surface area contributed by atoms with Crippen molar-refractivity contribution in [3.05, 3.63) is 0 Å². The third-order valence-corrected chi connectivity index (χ3v) is 0.404. The molecule has 0 aliphatic rings. The molecule has 0 aliphatic heterocycles. The van der Waals surface area contributed by atoms with E-state index < -0.39 is 11.4 Å². The van der Waals surface area contributed by atoms with E-state index in [1.807, 2.05) is 0 Å². The van der Waals surface area contributed by atoms with Gasteiger partial charge in [-0.2, -0.15) is 8.78 Å². The van der Waals surface area contributed by atoms with Gasteiger partial charge < -0.3 is 5.11 Å². The normalized spacial score (nSPS) is 9.88. The number of hydrogen-bond donors (Lipinski definition) is 1. The third-order valence-electron chi connectivity index (χ3n) is 0.243. The van der Waals surface area contributed by atoms with Crippen molar-refractivity contribution in [3.63, 3.8) is 0 Å². The molecule has 0 heterocycles. The number of alkyl halides is 3. The maximum Gasteiger partial charge on any atom is 0.417 e. The first kappa shape index (κ1) is 11.4. The van der Waals surface area contributed by atoms with Gasteiger partial charge in [0.05, 0.1) is 0 Å². The van der Waals surface area contributed by atoms with Crippen LogP contribution in [0.5, 0.6) is 0 Å². The fourth-order valence-electron chi connectivity index (χ4n) is 0. The minimum atomic E-state index is -4.11. The SMILES string of the molecule is O=C(O)C(F)(F)Cl.[Na]. The van der Waals surface area contributed by atoms with Crippen LogP contribution in [-0.4, -0.2) is 46.0 Å². The van der Waals surface area contributed by atoms with Crippen LogP contribution < -0.4 is 0 Å². The summed E-state index contributed by atoms with van der Waals surface area (Å²) in [7, 11) is 0. The monoisotopic (exact) mass is 153 g/mol. The van der Waals surface area contributed by atoms with Gasteiger partial charge in [-0.1, -0.05) is 0 Å². The minimum absolute atomic E-state index is 0. The Hall–Kier alpha value is 0.620. The van der Waals surface area contributed by atoms with E-state index in [4.69, 9.17) is 9.90 Å². The maximum absolute atomic E-state index is 11.0. The van der Waals surface area contributed by atoms with E-state index in [0.29, 0.717) is 0 Å². The fourth-order valence-corrected chi connectivity index (χ4v) is 0. The summed E-state index contributed by atoms with van der Waals surface area (Å²) in [5.41, 5.74) is 0. The van der Waals surface area contributed by atoms with Crippen molar-refractivity contribution in [3.8, 4) is 0 Å². The number of carboxylic acid groups (broad SMARTS) is 1. The van der Waals surface area contributed by atoms with Crippen molar-refractivity contribution in [2.45, 2.75) is 5.38 Å². The van der Waals surface area contributed by atoms with Gasteiger partial charge in [0.1, 0.15) is 0 Å². The summed E-state index contributed by atoms with van der Waals surface area (Å²) in [5.74, 6) is -2.32. The Morgan fingerprint density at radius 3 is 1.75 bits per heavy atom. The molecule has 0 aliphatic carbocycles. The van der Waals surface area contributed by atoms with Crippen molar-refractivity contribution in [1.29, 1.82) is 0 Å². The molecule has 8 heavy (non-hydrogen) atoms. The molecule has 0 saturated heterocycles. The van der Waals surface area contributed by atoms with E-state index in [1.54, 1.807) is 0 Å². The van der Waals surface area contributed by atoms with Gasteiger partial charge in [-0.05, 0) is 11.6 Å². The van der Waals surface area contributed by atoms with Crippen LogP contribution in [0, 0.1) is 0 Å². The number of carboxylic acids is 1. The Bertz CT molecular complexity index is 90.5. The third kappa shape index (κ3) is 4.77. The fraction of sp³-hybridized carbons (Fsp3) is 0.500. The van der Waals surface area contributed by atoms with Crippen LogP contribution in [0.1, 0.15) is 0 Å². The van der Waals surface area contributed by atoms with Crippen LogP contribution in [0.2, 0.25) is 0 Å². The zero-order chi connectivity index (χ0) is 6.08. The molecule has 0 fully saturated rings. The van der Waals surface area contributed by atoms with E-state index in [1.165, 1.54) is 0 Å². The van der Waals surface area contributed by atoms with E-state index in [-0.39, 0.29) is 29.6 Å². The molecule has 43 valence electrons. The number of aliphatic carboxylic acids is 1. The second kappa shape index (κ2) is 3.61. The van der Waals surface area contributed by atoms with Crippen molar-refractivity contribution < 1.29 is 18.7 Å². The van der Waals surface area contributed by atoms with Gasteiger partial charge in [0.15, 0.2) is 0 Å². The zero-order valence-electron chi connectivity index (χ0n) is 3.99. The van der Waals surface area contributed by atoms with E-state index in [2.05, 4.69) is 11.6 Å². The summed E-state index contributed by atoms with van der Waals surface area (Å²) in [6.07, 6.45) is 0. The Morgan fingerprint density at radius 1 is 1.62 bits per heavy atom. The predicted molar refractivity (Wildman–Crippen MR) is 24.2 cm³/mol. The standard InChI is InChI=1S/C2HClF2O2.Na/c3-2(4,5)1(6)7;/h(H,6,7);. The van der Waals surface area contributed by atoms with Gasteiger partial charge in [0, 0.05) is 29.6 Å². The molecule has 0 unspecified atom stereocenters. The summed E-state index contributed by atoms with van der Waals surface area (Å²) in [5, 5.41) is 3.26. The number of halogens is 3. The summed E-state index contributed by atoms with van der Waals surface area (Å²) in [4.78, 5) is 9.14. The first-order chi connectivity index (χ1) is 2.94. The van der Waals surface area contributed by atoms with Crippen molar-refractivity contribution in [2.24, 2.45) is 0 Å². The van der Waals surface area contributed by atoms with E-state index in [0.717, 1.165) is 0 Å². The molecule has 0 aromatic rings. The second-order valence-corrected chi connectivity index (χ2v) is 1.28. The number of hydrogen-bond acceptors (Lipinski definition) is 1. The van der Waals surface area contributed by atoms with Crippen molar-refractivity contribution in [1.82, 2.24) is 0 Å². The molecule has 1 radical (unpaired) electrons. The summed E-state index contributed by atoms with van der Waals surface area (Å²) in [6.45, 7) is 0. The Morgan fingerprint density at radius 2 is 1.75 bits per heavy atom. The van der Waals surface area contributed by atoms with Gasteiger partial charge in [-0.3, -0.25) is 0 Å². The van der Waals surface area contributed by atoms with Gasteiger partial charge in [0.25, 0.3) is 0 Å². The molecule has 0 atom stereocenters. The molecule has 0 saturated carbocycles. The molecule has 0 spiro atoms. The molecule has 6 heteroatoms. The topological polar surface area (TPSA) is 37.3 Å². The molecule has 0 bridgehead atoms. The Labute approximate surface area is 71.1 Å². The van der Waals surface area contributed by atoms with Gasteiger partial charge in [-0.25, -0.2) is 4.79 Å². The second-order valence-electron chi connectivity index (χ2n) is 0.803. The Balaban J connectivity index is 0. The molecule has 2 nitrogen and oxygen atoms in total. The summed E-state index contributed by atoms with van der Waals surface area (Å²) < 4.78 is 22.0. The molecular formula is C2HClF2NaO2. The van der Waals surface area contributed by atoms with Crippen LogP contribution in [0.4, 0.5) is 8.78 Å². The van der Waals surface area contributed by atoms with Gasteiger partial charge in [-0.15, -0.1) is 0 Å². The van der Waals surface area contributed by atoms with Crippen LogP contribution in [0.3, 0.4) is 0 Å². The zero-order valence-corrected chi connectivity index (χ0v) is 6.75. The summed E-state index contributed by atoms with van der Waals surface area (Å²) >= 11 is 3.94. The van der Waals surface area contributed by atoms with Crippen LogP contribution in [-0.2, 0) is 4.79 Å². The maximum atomic E-state index is 11.0. The average Bonchev–Trinajstić information content (AvgIpc) is 1.31. The van der Waals surface area contributed by atoms with E-state index >= 15 is 0 Å². The molecule has 0 rings (SSSR count). The van der Waals surface area contributed by atoms with Crippen LogP contribution >= 0.6 is 11.6 Å². The van der Waals surface area contributed by atoms with E-state index in [9.17, 15) is 8.78 Å². The number of carbonyl (C=O) groups is 1. The first-order valence-electron chi connectivity index (χ1n) is 1.24. The quantitative estimate of drug-likeness (QED) is 0.441. The van der Waals surface area contributed by atoms with Crippen molar-refractivity contribution in [2.75, 3.05) is 0 Å². The number of rotatable bonds is 1. The van der Waals surface area contributed by atoms with Crippen molar-refractivity contribution >= 4 is 47.1 Å². The first-order valence-corrected chi connectivity index (χ1v) is 1.62. The largest absolute Gasteiger partial charge is 0.476 e. The minimum Gasteiger partial charge on any atom is -0.476 e. The predicted octanol–water partition coefficient (Wildman–Crippen LogP) is 0.522. The summed E-state index contributed by atoms with van der Waals surface area (Å²) in [6, 6.07) is 0. The molecular weight excluding hydrogens is 152 g/mol. The van der Waals surface area contributed by atoms with Crippen LogP contribution in [0.25, 0.3) is 0 Å². The van der Waals surface area contributed by atoms with Gasteiger partial charge in [0.2, 0.25) is 0 Å². The average molecular weight is 153 g/mol. The van der Waals surface area contributed by atoms with Crippen LogP contribution in [0.15, 0.2) is 0 Å². The smallest absolute Gasteiger partial charge is 0.417 e. The molecule has 0 aromatic carbocycles. The molecule has 0 amide bonds. The van der Waals surface area contributed by atoms with Gasteiger partial charge >= 0.3 is 11.4 Å². The molecule has 0 aromatic heterocycles.